The lowest BCUT2D eigenvalue weighted by Gasteiger charge is -2.33. The molecule has 0 aromatic heterocycles. The Hall–Kier alpha value is -3.65. The third kappa shape index (κ3) is 6.20. The molecule has 3 aromatic rings. The molecule has 0 heterocycles. The zero-order valence-corrected chi connectivity index (χ0v) is 22.9. The summed E-state index contributed by atoms with van der Waals surface area (Å²) in [4.78, 5) is 28.4. The van der Waals surface area contributed by atoms with Gasteiger partial charge in [-0.3, -0.25) is 13.9 Å². The summed E-state index contributed by atoms with van der Waals surface area (Å²) in [6, 6.07) is 20.4. The van der Waals surface area contributed by atoms with E-state index in [1.54, 1.807) is 30.3 Å². The number of carbonyl (C=O) groups is 2. The van der Waals surface area contributed by atoms with Gasteiger partial charge in [0.05, 0.1) is 10.6 Å². The van der Waals surface area contributed by atoms with Gasteiger partial charge in [-0.2, -0.15) is 0 Å². The van der Waals surface area contributed by atoms with Crippen LogP contribution >= 0.6 is 0 Å². The van der Waals surface area contributed by atoms with Crippen LogP contribution in [0.4, 0.5) is 5.69 Å². The first kappa shape index (κ1) is 27.9. The van der Waals surface area contributed by atoms with Gasteiger partial charge in [-0.1, -0.05) is 61.5 Å². The molecule has 0 radical (unpaired) electrons. The first-order chi connectivity index (χ1) is 17.6. The number of likely N-dealkylation sites (N-methyl/N-ethyl adjacent to an activating group) is 1. The minimum Gasteiger partial charge on any atom is -0.357 e. The van der Waals surface area contributed by atoms with E-state index in [1.165, 1.54) is 24.1 Å². The largest absolute Gasteiger partial charge is 0.357 e. The molecule has 3 rings (SSSR count). The number of benzene rings is 3. The minimum atomic E-state index is -4.08. The average Bonchev–Trinajstić information content (AvgIpc) is 2.90. The van der Waals surface area contributed by atoms with Crippen LogP contribution in [0.2, 0.25) is 0 Å². The van der Waals surface area contributed by atoms with Gasteiger partial charge in [-0.25, -0.2) is 8.42 Å². The van der Waals surface area contributed by atoms with Crippen molar-refractivity contribution < 1.29 is 18.0 Å². The number of nitrogens with zero attached hydrogens (tertiary/aromatic N) is 2. The van der Waals surface area contributed by atoms with E-state index in [2.05, 4.69) is 5.32 Å². The standard InChI is InChI=1S/C29H35N3O4S/c1-6-26(29(34)30-5)31(19-24-15-11-10-13-22(24)3)28(33)20-32(27-18-12-14-21(2)23(27)4)37(35,36)25-16-8-7-9-17-25/h7-18,26H,6,19-20H2,1-5H3,(H,30,34). The Morgan fingerprint density at radius 3 is 2.11 bits per heavy atom. The van der Waals surface area contributed by atoms with Gasteiger partial charge < -0.3 is 10.2 Å². The van der Waals surface area contributed by atoms with E-state index in [4.69, 9.17) is 0 Å². The predicted molar refractivity (Wildman–Crippen MR) is 147 cm³/mol. The molecule has 8 heteroatoms. The van der Waals surface area contributed by atoms with Gasteiger partial charge in [0.25, 0.3) is 10.0 Å². The number of hydrogen-bond acceptors (Lipinski definition) is 4. The van der Waals surface area contributed by atoms with E-state index in [-0.39, 0.29) is 17.3 Å². The van der Waals surface area contributed by atoms with Crippen molar-refractivity contribution in [2.45, 2.75) is 51.6 Å². The zero-order chi connectivity index (χ0) is 27.2. The van der Waals surface area contributed by atoms with E-state index in [0.29, 0.717) is 12.1 Å². The van der Waals surface area contributed by atoms with Crippen LogP contribution in [0.15, 0.2) is 77.7 Å². The van der Waals surface area contributed by atoms with E-state index >= 15 is 0 Å². The maximum absolute atomic E-state index is 14.0. The van der Waals surface area contributed by atoms with Gasteiger partial charge in [-0.15, -0.1) is 0 Å². The molecule has 2 amide bonds. The number of amides is 2. The summed E-state index contributed by atoms with van der Waals surface area (Å²) in [5, 5.41) is 2.64. The molecular formula is C29H35N3O4S. The first-order valence-corrected chi connectivity index (χ1v) is 13.7. The highest BCUT2D eigenvalue weighted by Crippen LogP contribution is 2.29. The summed E-state index contributed by atoms with van der Waals surface area (Å²) >= 11 is 0. The van der Waals surface area contributed by atoms with Crippen molar-refractivity contribution in [2.75, 3.05) is 17.9 Å². The highest BCUT2D eigenvalue weighted by Gasteiger charge is 2.34. The lowest BCUT2D eigenvalue weighted by atomic mass is 10.1. The molecule has 0 aliphatic carbocycles. The fourth-order valence-corrected chi connectivity index (χ4v) is 5.79. The average molecular weight is 522 g/mol. The molecule has 1 N–H and O–H groups in total. The summed E-state index contributed by atoms with van der Waals surface area (Å²) in [5.74, 6) is -0.757. The summed E-state index contributed by atoms with van der Waals surface area (Å²) in [7, 11) is -2.54. The molecule has 196 valence electrons. The van der Waals surface area contributed by atoms with Crippen molar-refractivity contribution in [3.8, 4) is 0 Å². The molecule has 0 bridgehead atoms. The molecule has 0 spiro atoms. The predicted octanol–water partition coefficient (Wildman–Crippen LogP) is 4.36. The fraction of sp³-hybridized carbons (Fsp3) is 0.310. The summed E-state index contributed by atoms with van der Waals surface area (Å²) in [6.07, 6.45) is 0.381. The normalized spacial score (nSPS) is 12.0. The van der Waals surface area contributed by atoms with E-state index in [9.17, 15) is 18.0 Å². The van der Waals surface area contributed by atoms with Crippen LogP contribution in [0.3, 0.4) is 0 Å². The van der Waals surface area contributed by atoms with Crippen molar-refractivity contribution >= 4 is 27.5 Å². The molecule has 1 atom stereocenters. The molecule has 0 fully saturated rings. The second-order valence-corrected chi connectivity index (χ2v) is 10.9. The molecule has 0 aliphatic rings. The second kappa shape index (κ2) is 12.1. The lowest BCUT2D eigenvalue weighted by Crippen LogP contribution is -2.52. The topological polar surface area (TPSA) is 86.8 Å². The van der Waals surface area contributed by atoms with Crippen LogP contribution in [-0.4, -0.2) is 44.8 Å². The SMILES string of the molecule is CCC(C(=O)NC)N(Cc1ccccc1C)C(=O)CN(c1cccc(C)c1C)S(=O)(=O)c1ccccc1. The van der Waals surface area contributed by atoms with Crippen LogP contribution in [0.25, 0.3) is 0 Å². The number of nitrogens with one attached hydrogen (secondary N) is 1. The van der Waals surface area contributed by atoms with Crippen LogP contribution in [0.5, 0.6) is 0 Å². The Balaban J connectivity index is 2.11. The van der Waals surface area contributed by atoms with Crippen LogP contribution in [0, 0.1) is 20.8 Å². The third-order valence-corrected chi connectivity index (χ3v) is 8.46. The number of sulfonamides is 1. The highest BCUT2D eigenvalue weighted by molar-refractivity contribution is 7.92. The van der Waals surface area contributed by atoms with Crippen molar-refractivity contribution in [2.24, 2.45) is 0 Å². The lowest BCUT2D eigenvalue weighted by molar-refractivity contribution is -0.140. The van der Waals surface area contributed by atoms with Crippen LogP contribution < -0.4 is 9.62 Å². The van der Waals surface area contributed by atoms with E-state index in [0.717, 1.165) is 26.6 Å². The third-order valence-electron chi connectivity index (χ3n) is 6.69. The van der Waals surface area contributed by atoms with Crippen molar-refractivity contribution in [3.05, 3.63) is 95.1 Å². The molecule has 3 aromatic carbocycles. The first-order valence-electron chi connectivity index (χ1n) is 12.3. The summed E-state index contributed by atoms with van der Waals surface area (Å²) < 4.78 is 28.9. The minimum absolute atomic E-state index is 0.0903. The number of rotatable bonds is 10. The monoisotopic (exact) mass is 521 g/mol. The van der Waals surface area contributed by atoms with Crippen LogP contribution in [-0.2, 0) is 26.2 Å². The Kier molecular flexibility index (Phi) is 9.10. The van der Waals surface area contributed by atoms with Crippen LogP contribution in [0.1, 0.15) is 35.6 Å². The Bertz CT molecular complexity index is 1360. The number of hydrogen-bond donors (Lipinski definition) is 1. The quantitative estimate of drug-likeness (QED) is 0.430. The fourth-order valence-electron chi connectivity index (χ4n) is 4.30. The van der Waals surface area contributed by atoms with Gasteiger partial charge >= 0.3 is 0 Å². The van der Waals surface area contributed by atoms with Gasteiger partial charge in [0, 0.05) is 13.6 Å². The molecule has 1 unspecified atom stereocenters. The summed E-state index contributed by atoms with van der Waals surface area (Å²) in [6.45, 7) is 7.26. The van der Waals surface area contributed by atoms with Crippen molar-refractivity contribution in [3.63, 3.8) is 0 Å². The molecule has 37 heavy (non-hydrogen) atoms. The Labute approximate surface area is 220 Å². The van der Waals surface area contributed by atoms with Gasteiger partial charge in [-0.05, 0) is 67.6 Å². The molecule has 0 aliphatic heterocycles. The van der Waals surface area contributed by atoms with Gasteiger partial charge in [0.2, 0.25) is 11.8 Å². The number of anilines is 1. The number of aryl methyl sites for hydroxylation is 2. The van der Waals surface area contributed by atoms with Crippen molar-refractivity contribution in [1.82, 2.24) is 10.2 Å². The van der Waals surface area contributed by atoms with Crippen molar-refractivity contribution in [1.29, 1.82) is 0 Å². The van der Waals surface area contributed by atoms with E-state index < -0.39 is 28.5 Å². The smallest absolute Gasteiger partial charge is 0.264 e. The van der Waals surface area contributed by atoms with Gasteiger partial charge in [0.15, 0.2) is 0 Å². The number of carbonyl (C=O) groups excluding carboxylic acids is 2. The zero-order valence-electron chi connectivity index (χ0n) is 22.1. The second-order valence-electron chi connectivity index (χ2n) is 9.03. The molecule has 7 nitrogen and oxygen atoms in total. The molecule has 0 saturated carbocycles. The van der Waals surface area contributed by atoms with E-state index in [1.807, 2.05) is 58.0 Å². The highest BCUT2D eigenvalue weighted by atomic mass is 32.2. The molecule has 0 saturated heterocycles. The molecular weight excluding hydrogens is 486 g/mol. The Morgan fingerprint density at radius 1 is 0.865 bits per heavy atom. The summed E-state index contributed by atoms with van der Waals surface area (Å²) in [5.41, 5.74) is 3.98. The maximum atomic E-state index is 14.0. The maximum Gasteiger partial charge on any atom is 0.264 e. The van der Waals surface area contributed by atoms with Gasteiger partial charge in [0.1, 0.15) is 12.6 Å². The Morgan fingerprint density at radius 2 is 1.49 bits per heavy atom.